The van der Waals surface area contributed by atoms with Crippen LogP contribution >= 0.6 is 11.8 Å². The van der Waals surface area contributed by atoms with Gasteiger partial charge >= 0.3 is 0 Å². The predicted molar refractivity (Wildman–Crippen MR) is 89.6 cm³/mol. The molecule has 5 nitrogen and oxygen atoms in total. The van der Waals surface area contributed by atoms with E-state index in [9.17, 15) is 4.79 Å². The van der Waals surface area contributed by atoms with Gasteiger partial charge in [-0.25, -0.2) is 0 Å². The normalized spacial score (nSPS) is 21.3. The molecule has 0 saturated carbocycles. The molecule has 1 aliphatic rings. The Morgan fingerprint density at radius 2 is 2.00 bits per heavy atom. The largest absolute Gasteiger partial charge is 0.493 e. The maximum absolute atomic E-state index is 12.5. The number of carbonyl (C=O) groups excluding carboxylic acids is 1. The average molecular weight is 324 g/mol. The Morgan fingerprint density at radius 1 is 1.27 bits per heavy atom. The summed E-state index contributed by atoms with van der Waals surface area (Å²) in [7, 11) is 5.15. The van der Waals surface area contributed by atoms with Crippen molar-refractivity contribution in [1.29, 1.82) is 0 Å². The highest BCUT2D eigenvalue weighted by Gasteiger charge is 2.39. The topological polar surface area (TPSA) is 50.8 Å². The van der Waals surface area contributed by atoms with Crippen LogP contribution in [0.25, 0.3) is 0 Å². The van der Waals surface area contributed by atoms with Crippen molar-refractivity contribution < 1.29 is 14.3 Å². The lowest BCUT2D eigenvalue weighted by Crippen LogP contribution is -2.35. The van der Waals surface area contributed by atoms with Crippen molar-refractivity contribution in [2.75, 3.05) is 34.4 Å². The molecule has 2 unspecified atom stereocenters. The van der Waals surface area contributed by atoms with E-state index >= 15 is 0 Å². The zero-order valence-corrected chi connectivity index (χ0v) is 14.4. The maximum atomic E-state index is 12.5. The van der Waals surface area contributed by atoms with Gasteiger partial charge in [-0.3, -0.25) is 4.79 Å². The van der Waals surface area contributed by atoms with Gasteiger partial charge in [-0.05, 0) is 31.2 Å². The number of nitrogens with zero attached hydrogens (tertiary/aromatic N) is 1. The third-order valence-electron chi connectivity index (χ3n) is 3.80. The molecule has 0 aliphatic carbocycles. The third-order valence-corrected chi connectivity index (χ3v) is 5.45. The van der Waals surface area contributed by atoms with Crippen LogP contribution in [0.1, 0.15) is 24.3 Å². The van der Waals surface area contributed by atoms with Crippen LogP contribution < -0.4 is 14.8 Å². The van der Waals surface area contributed by atoms with Crippen LogP contribution in [0.15, 0.2) is 18.2 Å². The zero-order valence-electron chi connectivity index (χ0n) is 13.6. The number of benzene rings is 1. The zero-order chi connectivity index (χ0) is 16.1. The van der Waals surface area contributed by atoms with Crippen LogP contribution in [-0.2, 0) is 4.79 Å². The summed E-state index contributed by atoms with van der Waals surface area (Å²) >= 11 is 1.72. The van der Waals surface area contributed by atoms with Gasteiger partial charge in [-0.1, -0.05) is 13.0 Å². The number of likely N-dealkylation sites (N-methyl/N-ethyl adjacent to an activating group) is 1. The number of rotatable bonds is 7. The highest BCUT2D eigenvalue weighted by Crippen LogP contribution is 2.45. The van der Waals surface area contributed by atoms with E-state index < -0.39 is 0 Å². The first-order chi connectivity index (χ1) is 10.7. The Hall–Kier alpha value is -1.40. The Balaban J connectivity index is 2.29. The van der Waals surface area contributed by atoms with Gasteiger partial charge in [0, 0.05) is 13.1 Å². The highest BCUT2D eigenvalue weighted by molar-refractivity contribution is 8.01. The first-order valence-corrected chi connectivity index (χ1v) is 8.43. The van der Waals surface area contributed by atoms with E-state index in [1.54, 1.807) is 26.0 Å². The summed E-state index contributed by atoms with van der Waals surface area (Å²) in [6.07, 6.45) is 0.851. The molecule has 122 valence electrons. The number of methoxy groups -OCH3 is 2. The molecule has 0 bridgehead atoms. The van der Waals surface area contributed by atoms with Crippen molar-refractivity contribution in [2.24, 2.45) is 0 Å². The summed E-state index contributed by atoms with van der Waals surface area (Å²) in [5.41, 5.74) is 1.07. The molecule has 0 spiro atoms. The number of carbonyl (C=O) groups is 1. The molecule has 1 saturated heterocycles. The van der Waals surface area contributed by atoms with Crippen molar-refractivity contribution in [1.82, 2.24) is 10.2 Å². The standard InChI is InChI=1S/C16H24N2O3S/c1-5-14-15(19)18(9-8-17-2)16(22-14)11-6-7-12(20-3)13(10-11)21-4/h6-7,10,14,16-17H,5,8-9H2,1-4H3. The van der Waals surface area contributed by atoms with E-state index in [0.717, 1.165) is 18.5 Å². The molecule has 1 fully saturated rings. The minimum atomic E-state index is 0.0330. The molecule has 1 heterocycles. The number of ether oxygens (including phenoxy) is 2. The fourth-order valence-electron chi connectivity index (χ4n) is 2.58. The second kappa shape index (κ2) is 7.74. The van der Waals surface area contributed by atoms with E-state index in [2.05, 4.69) is 12.2 Å². The van der Waals surface area contributed by atoms with Gasteiger partial charge < -0.3 is 19.7 Å². The molecule has 22 heavy (non-hydrogen) atoms. The van der Waals surface area contributed by atoms with Gasteiger partial charge in [0.05, 0.1) is 19.5 Å². The summed E-state index contributed by atoms with van der Waals surface area (Å²) < 4.78 is 10.7. The number of nitrogens with one attached hydrogen (secondary N) is 1. The van der Waals surface area contributed by atoms with Crippen LogP contribution in [0.5, 0.6) is 11.5 Å². The van der Waals surface area contributed by atoms with Crippen LogP contribution in [0.3, 0.4) is 0 Å². The number of hydrogen-bond donors (Lipinski definition) is 1. The fraction of sp³-hybridized carbons (Fsp3) is 0.562. The van der Waals surface area contributed by atoms with Gasteiger partial charge in [0.15, 0.2) is 11.5 Å². The van der Waals surface area contributed by atoms with Crippen molar-refractivity contribution >= 4 is 17.7 Å². The maximum Gasteiger partial charge on any atom is 0.236 e. The van der Waals surface area contributed by atoms with Crippen LogP contribution in [0.4, 0.5) is 0 Å². The van der Waals surface area contributed by atoms with Gasteiger partial charge in [-0.15, -0.1) is 11.8 Å². The summed E-state index contributed by atoms with van der Waals surface area (Å²) in [6, 6.07) is 5.87. The molecular formula is C16H24N2O3S. The molecule has 2 rings (SSSR count). The SMILES string of the molecule is CCC1SC(c2ccc(OC)c(OC)c2)N(CCNC)C1=O. The fourth-order valence-corrected chi connectivity index (χ4v) is 4.00. The smallest absolute Gasteiger partial charge is 0.236 e. The molecule has 1 N–H and O–H groups in total. The van der Waals surface area contributed by atoms with E-state index in [1.807, 2.05) is 30.1 Å². The minimum absolute atomic E-state index is 0.0330. The lowest BCUT2D eigenvalue weighted by molar-refractivity contribution is -0.130. The van der Waals surface area contributed by atoms with Crippen molar-refractivity contribution in [3.05, 3.63) is 23.8 Å². The molecular weight excluding hydrogens is 300 g/mol. The van der Waals surface area contributed by atoms with Crippen molar-refractivity contribution in [3.63, 3.8) is 0 Å². The van der Waals surface area contributed by atoms with E-state index in [-0.39, 0.29) is 16.5 Å². The van der Waals surface area contributed by atoms with Crippen molar-refractivity contribution in [2.45, 2.75) is 24.0 Å². The Labute approximate surface area is 136 Å². The summed E-state index contributed by atoms with van der Waals surface area (Å²) in [5.74, 6) is 1.62. The molecule has 1 aliphatic heterocycles. The quantitative estimate of drug-likeness (QED) is 0.834. The van der Waals surface area contributed by atoms with Crippen LogP contribution in [0.2, 0.25) is 0 Å². The van der Waals surface area contributed by atoms with Gasteiger partial charge in [-0.2, -0.15) is 0 Å². The molecule has 1 aromatic carbocycles. The van der Waals surface area contributed by atoms with Gasteiger partial charge in [0.2, 0.25) is 5.91 Å². The van der Waals surface area contributed by atoms with Crippen molar-refractivity contribution in [3.8, 4) is 11.5 Å². The molecule has 0 radical (unpaired) electrons. The Bertz CT molecular complexity index is 524. The predicted octanol–water partition coefficient (Wildman–Crippen LogP) is 2.28. The number of hydrogen-bond acceptors (Lipinski definition) is 5. The van der Waals surface area contributed by atoms with Gasteiger partial charge in [0.25, 0.3) is 0 Å². The second-order valence-electron chi connectivity index (χ2n) is 5.13. The lowest BCUT2D eigenvalue weighted by atomic mass is 10.1. The summed E-state index contributed by atoms with van der Waals surface area (Å²) in [5, 5.41) is 3.18. The molecule has 1 aromatic rings. The molecule has 1 amide bonds. The first kappa shape index (κ1) is 17.0. The second-order valence-corrected chi connectivity index (χ2v) is 6.42. The summed E-state index contributed by atoms with van der Waals surface area (Å²) in [4.78, 5) is 14.5. The van der Waals surface area contributed by atoms with Crippen LogP contribution in [0, 0.1) is 0 Å². The third kappa shape index (κ3) is 3.33. The van der Waals surface area contributed by atoms with E-state index in [1.165, 1.54) is 0 Å². The monoisotopic (exact) mass is 324 g/mol. The summed E-state index contributed by atoms with van der Waals surface area (Å²) in [6.45, 7) is 3.55. The Kier molecular flexibility index (Phi) is 5.97. The number of thioether (sulfide) groups is 1. The highest BCUT2D eigenvalue weighted by atomic mass is 32.2. The minimum Gasteiger partial charge on any atom is -0.493 e. The first-order valence-electron chi connectivity index (χ1n) is 7.48. The lowest BCUT2D eigenvalue weighted by Gasteiger charge is -2.24. The Morgan fingerprint density at radius 3 is 2.59 bits per heavy atom. The number of amides is 1. The van der Waals surface area contributed by atoms with Gasteiger partial charge in [0.1, 0.15) is 5.37 Å². The molecule has 0 aromatic heterocycles. The van der Waals surface area contributed by atoms with E-state index in [0.29, 0.717) is 18.0 Å². The average Bonchev–Trinajstić information content (AvgIpc) is 2.88. The molecule has 2 atom stereocenters. The molecule has 6 heteroatoms. The van der Waals surface area contributed by atoms with Crippen LogP contribution in [-0.4, -0.2) is 50.4 Å². The van der Waals surface area contributed by atoms with E-state index in [4.69, 9.17) is 9.47 Å².